The van der Waals surface area contributed by atoms with Crippen LogP contribution in [-0.4, -0.2) is 18.0 Å². The zero-order valence-electron chi connectivity index (χ0n) is 17.7. The largest absolute Gasteiger partial charge is 0.497 e. The van der Waals surface area contributed by atoms with Gasteiger partial charge in [-0.05, 0) is 70.3 Å². The average Bonchev–Trinajstić information content (AvgIpc) is 3.63. The first kappa shape index (κ1) is 20.7. The Bertz CT molecular complexity index is 1300. The van der Waals surface area contributed by atoms with Gasteiger partial charge in [-0.2, -0.15) is 0 Å². The van der Waals surface area contributed by atoms with Crippen molar-refractivity contribution in [1.82, 2.24) is 10.3 Å². The molecule has 4 aromatic rings. The second-order valence-corrected chi connectivity index (χ2v) is 9.06. The number of pyridine rings is 1. The summed E-state index contributed by atoms with van der Waals surface area (Å²) in [6.45, 7) is 0.487. The minimum Gasteiger partial charge on any atom is -0.497 e. The summed E-state index contributed by atoms with van der Waals surface area (Å²) >= 11 is 3.52. The molecule has 1 aromatic heterocycles. The molecule has 5 rings (SSSR count). The van der Waals surface area contributed by atoms with Gasteiger partial charge in [-0.1, -0.05) is 52.3 Å². The van der Waals surface area contributed by atoms with Crippen molar-refractivity contribution in [3.8, 4) is 16.9 Å². The third-order valence-corrected chi connectivity index (χ3v) is 6.64. The SMILES string of the molecule is COc1cccc(-c2ccc(CNC(=O)C3CC3c3cccc(Br)c3)c3cnccc23)c1. The van der Waals surface area contributed by atoms with Gasteiger partial charge in [0.05, 0.1) is 7.11 Å². The molecule has 2 unspecified atom stereocenters. The van der Waals surface area contributed by atoms with Crippen LogP contribution in [0.25, 0.3) is 21.9 Å². The molecule has 5 heteroatoms. The van der Waals surface area contributed by atoms with E-state index < -0.39 is 0 Å². The summed E-state index contributed by atoms with van der Waals surface area (Å²) in [6, 6.07) is 22.5. The van der Waals surface area contributed by atoms with Crippen molar-refractivity contribution in [3.63, 3.8) is 0 Å². The molecule has 4 nitrogen and oxygen atoms in total. The number of nitrogens with one attached hydrogen (secondary N) is 1. The van der Waals surface area contributed by atoms with E-state index in [4.69, 9.17) is 4.74 Å². The van der Waals surface area contributed by atoms with Crippen LogP contribution < -0.4 is 10.1 Å². The maximum Gasteiger partial charge on any atom is 0.224 e. The molecule has 0 spiro atoms. The normalized spacial score (nSPS) is 17.2. The van der Waals surface area contributed by atoms with Gasteiger partial charge in [-0.15, -0.1) is 0 Å². The van der Waals surface area contributed by atoms with Crippen molar-refractivity contribution in [2.24, 2.45) is 5.92 Å². The number of nitrogens with zero attached hydrogens (tertiary/aromatic N) is 1. The molecule has 3 aromatic carbocycles. The van der Waals surface area contributed by atoms with Crippen LogP contribution in [0.5, 0.6) is 5.75 Å². The van der Waals surface area contributed by atoms with E-state index in [2.05, 4.69) is 56.6 Å². The predicted octanol–water partition coefficient (Wildman–Crippen LogP) is 6.09. The lowest BCUT2D eigenvalue weighted by Gasteiger charge is -2.13. The lowest BCUT2D eigenvalue weighted by Crippen LogP contribution is -2.25. The Morgan fingerprint density at radius 2 is 1.97 bits per heavy atom. The molecule has 1 amide bonds. The number of benzene rings is 3. The summed E-state index contributed by atoms with van der Waals surface area (Å²) in [4.78, 5) is 17.1. The molecule has 1 fully saturated rings. The fourth-order valence-electron chi connectivity index (χ4n) is 4.35. The van der Waals surface area contributed by atoms with E-state index in [1.807, 2.05) is 42.6 Å². The highest BCUT2D eigenvalue weighted by atomic mass is 79.9. The van der Waals surface area contributed by atoms with Crippen LogP contribution in [0.4, 0.5) is 0 Å². The van der Waals surface area contributed by atoms with Crippen LogP contribution in [0.3, 0.4) is 0 Å². The number of fused-ring (bicyclic) bond motifs is 1. The Hall–Kier alpha value is -3.18. The van der Waals surface area contributed by atoms with Crippen LogP contribution in [-0.2, 0) is 11.3 Å². The highest BCUT2D eigenvalue weighted by Crippen LogP contribution is 2.48. The number of ether oxygens (including phenoxy) is 1. The number of aromatic nitrogens is 1. The monoisotopic (exact) mass is 486 g/mol. The molecule has 1 saturated carbocycles. The maximum absolute atomic E-state index is 12.8. The van der Waals surface area contributed by atoms with Gasteiger partial charge in [0.1, 0.15) is 5.75 Å². The first-order valence-corrected chi connectivity index (χ1v) is 11.5. The quantitative estimate of drug-likeness (QED) is 0.358. The highest BCUT2D eigenvalue weighted by molar-refractivity contribution is 9.10. The molecule has 1 heterocycles. The maximum atomic E-state index is 12.8. The van der Waals surface area contributed by atoms with Crippen LogP contribution >= 0.6 is 15.9 Å². The standard InChI is InChI=1S/C27H23BrN2O2/c1-32-21-7-3-5-18(13-21)22-9-8-19(26-16-29-11-10-23(22)26)15-30-27(31)25-14-24(25)17-4-2-6-20(28)12-17/h2-13,16,24-25H,14-15H2,1H3,(H,30,31). The molecule has 160 valence electrons. The Kier molecular flexibility index (Phi) is 5.66. The Morgan fingerprint density at radius 1 is 1.09 bits per heavy atom. The number of amides is 1. The third-order valence-electron chi connectivity index (χ3n) is 6.15. The van der Waals surface area contributed by atoms with Gasteiger partial charge >= 0.3 is 0 Å². The zero-order valence-corrected chi connectivity index (χ0v) is 19.3. The first-order valence-electron chi connectivity index (χ1n) is 10.7. The fraction of sp³-hybridized carbons (Fsp3) is 0.185. The number of hydrogen-bond donors (Lipinski definition) is 1. The van der Waals surface area contributed by atoms with Crippen LogP contribution in [0.2, 0.25) is 0 Å². The van der Waals surface area contributed by atoms with Gasteiger partial charge in [0, 0.05) is 34.7 Å². The number of rotatable bonds is 6. The summed E-state index contributed by atoms with van der Waals surface area (Å²) in [5.41, 5.74) is 4.49. The number of methoxy groups -OCH3 is 1. The Morgan fingerprint density at radius 3 is 2.81 bits per heavy atom. The lowest BCUT2D eigenvalue weighted by atomic mass is 9.96. The molecule has 0 saturated heterocycles. The van der Waals surface area contributed by atoms with Gasteiger partial charge < -0.3 is 10.1 Å². The average molecular weight is 487 g/mol. The van der Waals surface area contributed by atoms with Crippen molar-refractivity contribution in [3.05, 3.63) is 94.7 Å². The second kappa shape index (κ2) is 8.75. The molecular formula is C27H23BrN2O2. The van der Waals surface area contributed by atoms with Crippen LogP contribution in [0.1, 0.15) is 23.5 Å². The molecule has 0 aliphatic heterocycles. The zero-order chi connectivity index (χ0) is 22.1. The van der Waals surface area contributed by atoms with E-state index in [-0.39, 0.29) is 11.8 Å². The summed E-state index contributed by atoms with van der Waals surface area (Å²) in [5.74, 6) is 1.29. The smallest absolute Gasteiger partial charge is 0.224 e. The van der Waals surface area contributed by atoms with E-state index in [1.165, 1.54) is 5.56 Å². The molecular weight excluding hydrogens is 464 g/mol. The molecule has 2 atom stereocenters. The molecule has 32 heavy (non-hydrogen) atoms. The number of halogens is 1. The van der Waals surface area contributed by atoms with Crippen molar-refractivity contribution in [1.29, 1.82) is 0 Å². The summed E-state index contributed by atoms with van der Waals surface area (Å²) in [5, 5.41) is 5.30. The van der Waals surface area contributed by atoms with Gasteiger partial charge in [0.2, 0.25) is 5.91 Å². The third kappa shape index (κ3) is 4.13. The van der Waals surface area contributed by atoms with Crippen molar-refractivity contribution >= 4 is 32.6 Å². The van der Waals surface area contributed by atoms with Gasteiger partial charge in [-0.25, -0.2) is 0 Å². The predicted molar refractivity (Wildman–Crippen MR) is 131 cm³/mol. The molecule has 0 bridgehead atoms. The van der Waals surface area contributed by atoms with E-state index in [1.54, 1.807) is 13.3 Å². The molecule has 1 aliphatic rings. The Balaban J connectivity index is 1.35. The van der Waals surface area contributed by atoms with E-state index >= 15 is 0 Å². The minimum atomic E-state index is 0.0461. The highest BCUT2D eigenvalue weighted by Gasteiger charge is 2.43. The van der Waals surface area contributed by atoms with Gasteiger partial charge in [0.25, 0.3) is 0 Å². The lowest BCUT2D eigenvalue weighted by molar-refractivity contribution is -0.122. The summed E-state index contributed by atoms with van der Waals surface area (Å²) < 4.78 is 6.44. The van der Waals surface area contributed by atoms with Gasteiger partial charge in [0.15, 0.2) is 0 Å². The van der Waals surface area contributed by atoms with Crippen LogP contribution in [0, 0.1) is 5.92 Å². The summed E-state index contributed by atoms with van der Waals surface area (Å²) in [7, 11) is 1.67. The van der Waals surface area contributed by atoms with E-state index in [0.717, 1.165) is 44.1 Å². The number of hydrogen-bond acceptors (Lipinski definition) is 3. The summed E-state index contributed by atoms with van der Waals surface area (Å²) in [6.07, 6.45) is 4.59. The van der Waals surface area contributed by atoms with E-state index in [9.17, 15) is 4.79 Å². The van der Waals surface area contributed by atoms with Crippen LogP contribution in [0.15, 0.2) is 83.6 Å². The van der Waals surface area contributed by atoms with Gasteiger partial charge in [-0.3, -0.25) is 9.78 Å². The minimum absolute atomic E-state index is 0.0461. The molecule has 1 N–H and O–H groups in total. The molecule has 0 radical (unpaired) electrons. The fourth-order valence-corrected chi connectivity index (χ4v) is 4.77. The molecule has 1 aliphatic carbocycles. The second-order valence-electron chi connectivity index (χ2n) is 8.15. The first-order chi connectivity index (χ1) is 15.6. The van der Waals surface area contributed by atoms with Crippen molar-refractivity contribution < 1.29 is 9.53 Å². The van der Waals surface area contributed by atoms with E-state index in [0.29, 0.717) is 12.5 Å². The van der Waals surface area contributed by atoms with Crippen molar-refractivity contribution in [2.75, 3.05) is 7.11 Å². The van der Waals surface area contributed by atoms with Crippen molar-refractivity contribution in [2.45, 2.75) is 18.9 Å². The number of carbonyl (C=O) groups excluding carboxylic acids is 1. The topological polar surface area (TPSA) is 51.2 Å². The Labute approximate surface area is 195 Å². The number of carbonyl (C=O) groups is 1.